The molecule has 2 amide bonds. The van der Waals surface area contributed by atoms with E-state index in [2.05, 4.69) is 19.2 Å². The molecule has 1 aromatic carbocycles. The summed E-state index contributed by atoms with van der Waals surface area (Å²) in [5.74, 6) is 0.426. The molecule has 0 aliphatic heterocycles. The van der Waals surface area contributed by atoms with Crippen LogP contribution in [-0.2, 0) is 4.74 Å². The molecule has 4 nitrogen and oxygen atoms in total. The van der Waals surface area contributed by atoms with E-state index in [1.54, 1.807) is 12.0 Å². The molecule has 0 saturated carbocycles. The second-order valence-electron chi connectivity index (χ2n) is 5.53. The van der Waals surface area contributed by atoms with Crippen LogP contribution in [0.2, 0.25) is 0 Å². The van der Waals surface area contributed by atoms with Gasteiger partial charge in [0, 0.05) is 25.9 Å². The molecule has 1 N–H and O–H groups in total. The zero-order chi connectivity index (χ0) is 15.1. The first kappa shape index (κ1) is 16.5. The molecule has 0 atom stereocenters. The van der Waals surface area contributed by atoms with Crippen LogP contribution in [0.3, 0.4) is 0 Å². The van der Waals surface area contributed by atoms with Crippen LogP contribution >= 0.6 is 0 Å². The van der Waals surface area contributed by atoms with Gasteiger partial charge in [-0.2, -0.15) is 0 Å². The minimum absolute atomic E-state index is 0.0619. The highest BCUT2D eigenvalue weighted by Crippen LogP contribution is 2.20. The van der Waals surface area contributed by atoms with Gasteiger partial charge in [0.25, 0.3) is 0 Å². The van der Waals surface area contributed by atoms with Crippen molar-refractivity contribution in [3.05, 3.63) is 29.3 Å². The van der Waals surface area contributed by atoms with Gasteiger partial charge in [-0.1, -0.05) is 32.0 Å². The second kappa shape index (κ2) is 7.90. The number of ether oxygens (including phenoxy) is 1. The Morgan fingerprint density at radius 3 is 2.40 bits per heavy atom. The number of hydrogen-bond acceptors (Lipinski definition) is 2. The lowest BCUT2D eigenvalue weighted by molar-refractivity contribution is 0.150. The van der Waals surface area contributed by atoms with Gasteiger partial charge in [0.2, 0.25) is 0 Å². The zero-order valence-electron chi connectivity index (χ0n) is 13.2. The Bertz CT molecular complexity index is 424. The van der Waals surface area contributed by atoms with Crippen LogP contribution in [0.5, 0.6) is 0 Å². The first-order chi connectivity index (χ1) is 9.45. The number of nitrogens with zero attached hydrogens (tertiary/aromatic N) is 1. The molecular weight excluding hydrogens is 252 g/mol. The van der Waals surface area contributed by atoms with Crippen LogP contribution in [-0.4, -0.2) is 37.7 Å². The summed E-state index contributed by atoms with van der Waals surface area (Å²) in [6, 6.07) is 5.94. The maximum atomic E-state index is 12.4. The van der Waals surface area contributed by atoms with E-state index in [-0.39, 0.29) is 6.03 Å². The average molecular weight is 278 g/mol. The number of benzene rings is 1. The highest BCUT2D eigenvalue weighted by atomic mass is 16.5. The minimum Gasteiger partial charge on any atom is -0.383 e. The lowest BCUT2D eigenvalue weighted by Crippen LogP contribution is -2.39. The molecule has 0 aromatic heterocycles. The number of carbonyl (C=O) groups excluding carboxylic acids is 1. The Morgan fingerprint density at radius 2 is 1.90 bits per heavy atom. The zero-order valence-corrected chi connectivity index (χ0v) is 13.2. The summed E-state index contributed by atoms with van der Waals surface area (Å²) < 4.78 is 5.08. The fraction of sp³-hybridized carbons (Fsp3) is 0.562. The Hall–Kier alpha value is -1.55. The first-order valence-corrected chi connectivity index (χ1v) is 7.06. The summed E-state index contributed by atoms with van der Waals surface area (Å²) in [4.78, 5) is 14.2. The second-order valence-corrected chi connectivity index (χ2v) is 5.53. The number of nitrogens with one attached hydrogen (secondary N) is 1. The number of hydrogen-bond donors (Lipinski definition) is 1. The number of para-hydroxylation sites is 1. The summed E-state index contributed by atoms with van der Waals surface area (Å²) in [6.07, 6.45) is 0. The molecule has 0 unspecified atom stereocenters. The summed E-state index contributed by atoms with van der Waals surface area (Å²) in [6.45, 7) is 10.1. The van der Waals surface area contributed by atoms with Gasteiger partial charge >= 0.3 is 6.03 Å². The molecule has 0 saturated heterocycles. The van der Waals surface area contributed by atoms with Crippen LogP contribution < -0.4 is 5.32 Å². The van der Waals surface area contributed by atoms with Crippen molar-refractivity contribution in [1.29, 1.82) is 0 Å². The standard InChI is InChI=1S/C16H26N2O2/c1-12(2)11-18(9-10-20-5)16(19)17-15-13(3)7-6-8-14(15)4/h6-8,12H,9-11H2,1-5H3,(H,17,19). The number of carbonyl (C=O) groups is 1. The van der Waals surface area contributed by atoms with Gasteiger partial charge < -0.3 is 15.0 Å². The highest BCUT2D eigenvalue weighted by molar-refractivity contribution is 5.91. The van der Waals surface area contributed by atoms with E-state index in [9.17, 15) is 4.79 Å². The number of rotatable bonds is 6. The summed E-state index contributed by atoms with van der Waals surface area (Å²) in [5, 5.41) is 3.02. The van der Waals surface area contributed by atoms with Gasteiger partial charge in [0.15, 0.2) is 0 Å². The molecule has 0 spiro atoms. The largest absolute Gasteiger partial charge is 0.383 e. The highest BCUT2D eigenvalue weighted by Gasteiger charge is 2.16. The van der Waals surface area contributed by atoms with E-state index in [4.69, 9.17) is 4.74 Å². The van der Waals surface area contributed by atoms with Gasteiger partial charge in [0.1, 0.15) is 0 Å². The third-order valence-electron chi connectivity index (χ3n) is 3.15. The van der Waals surface area contributed by atoms with Gasteiger partial charge in [0.05, 0.1) is 6.61 Å². The monoisotopic (exact) mass is 278 g/mol. The predicted molar refractivity (Wildman–Crippen MR) is 83.2 cm³/mol. The Labute approximate surface area is 122 Å². The molecule has 0 radical (unpaired) electrons. The minimum atomic E-state index is -0.0619. The van der Waals surface area contributed by atoms with Crippen molar-refractivity contribution in [2.75, 3.05) is 32.1 Å². The molecule has 1 rings (SSSR count). The Kier molecular flexibility index (Phi) is 6.52. The van der Waals surface area contributed by atoms with Crippen LogP contribution in [0.4, 0.5) is 10.5 Å². The normalized spacial score (nSPS) is 10.7. The fourth-order valence-corrected chi connectivity index (χ4v) is 2.12. The third kappa shape index (κ3) is 4.85. The molecule has 0 heterocycles. The van der Waals surface area contributed by atoms with Gasteiger partial charge in [-0.15, -0.1) is 0 Å². The molecule has 4 heteroatoms. The molecule has 1 aromatic rings. The Balaban J connectivity index is 2.79. The van der Waals surface area contributed by atoms with Gasteiger partial charge in [-0.3, -0.25) is 0 Å². The molecule has 0 fully saturated rings. The Morgan fingerprint density at radius 1 is 1.30 bits per heavy atom. The van der Waals surface area contributed by atoms with E-state index in [1.165, 1.54) is 0 Å². The predicted octanol–water partition coefficient (Wildman–Crippen LogP) is 3.44. The number of methoxy groups -OCH3 is 1. The van der Waals surface area contributed by atoms with E-state index >= 15 is 0 Å². The van der Waals surface area contributed by atoms with Crippen molar-refractivity contribution < 1.29 is 9.53 Å². The number of anilines is 1. The first-order valence-electron chi connectivity index (χ1n) is 7.06. The molecule has 0 aliphatic carbocycles. The van der Waals surface area contributed by atoms with E-state index in [0.717, 1.165) is 23.4 Å². The molecule has 20 heavy (non-hydrogen) atoms. The molecule has 0 bridgehead atoms. The van der Waals surface area contributed by atoms with Crippen molar-refractivity contribution in [1.82, 2.24) is 4.90 Å². The summed E-state index contributed by atoms with van der Waals surface area (Å²) >= 11 is 0. The maximum absolute atomic E-state index is 12.4. The van der Waals surface area contributed by atoms with Crippen molar-refractivity contribution in [3.8, 4) is 0 Å². The molecule has 0 aliphatic rings. The quantitative estimate of drug-likeness (QED) is 0.866. The summed E-state index contributed by atoms with van der Waals surface area (Å²) in [5.41, 5.74) is 3.06. The van der Waals surface area contributed by atoms with E-state index in [0.29, 0.717) is 19.1 Å². The van der Waals surface area contributed by atoms with Crippen LogP contribution in [0, 0.1) is 19.8 Å². The fourth-order valence-electron chi connectivity index (χ4n) is 2.12. The van der Waals surface area contributed by atoms with E-state index < -0.39 is 0 Å². The number of amides is 2. The smallest absolute Gasteiger partial charge is 0.321 e. The molecule has 112 valence electrons. The number of aryl methyl sites for hydroxylation is 2. The van der Waals surface area contributed by atoms with Crippen LogP contribution in [0.1, 0.15) is 25.0 Å². The lowest BCUT2D eigenvalue weighted by Gasteiger charge is -2.25. The average Bonchev–Trinajstić information content (AvgIpc) is 2.38. The van der Waals surface area contributed by atoms with Crippen molar-refractivity contribution in [2.24, 2.45) is 5.92 Å². The van der Waals surface area contributed by atoms with Gasteiger partial charge in [-0.05, 0) is 30.9 Å². The SMILES string of the molecule is COCCN(CC(C)C)C(=O)Nc1c(C)cccc1C. The van der Waals surface area contributed by atoms with Crippen LogP contribution in [0.25, 0.3) is 0 Å². The lowest BCUT2D eigenvalue weighted by atomic mass is 10.1. The number of urea groups is 1. The van der Waals surface area contributed by atoms with Crippen molar-refractivity contribution >= 4 is 11.7 Å². The topological polar surface area (TPSA) is 41.6 Å². The third-order valence-corrected chi connectivity index (χ3v) is 3.15. The van der Waals surface area contributed by atoms with Crippen molar-refractivity contribution in [2.45, 2.75) is 27.7 Å². The maximum Gasteiger partial charge on any atom is 0.321 e. The van der Waals surface area contributed by atoms with Crippen LogP contribution in [0.15, 0.2) is 18.2 Å². The van der Waals surface area contributed by atoms with Crippen molar-refractivity contribution in [3.63, 3.8) is 0 Å². The molecular formula is C16H26N2O2. The van der Waals surface area contributed by atoms with E-state index in [1.807, 2.05) is 32.0 Å². The summed E-state index contributed by atoms with van der Waals surface area (Å²) in [7, 11) is 1.65. The van der Waals surface area contributed by atoms with Gasteiger partial charge in [-0.25, -0.2) is 4.79 Å².